The molecule has 0 radical (unpaired) electrons. The summed E-state index contributed by atoms with van der Waals surface area (Å²) >= 11 is 0. The molecular weight excluding hydrogens is 430 g/mol. The topological polar surface area (TPSA) is 41.5 Å². The first-order chi connectivity index (χ1) is 16.3. The summed E-state index contributed by atoms with van der Waals surface area (Å²) in [5.74, 6) is 0.374. The van der Waals surface area contributed by atoms with Crippen LogP contribution in [0.4, 0.5) is 8.78 Å². The van der Waals surface area contributed by atoms with Crippen LogP contribution in [0.5, 0.6) is 0 Å². The zero-order valence-corrected chi connectivity index (χ0v) is 20.9. The molecule has 3 aliphatic rings. The van der Waals surface area contributed by atoms with Crippen molar-refractivity contribution in [1.29, 1.82) is 0 Å². The fourth-order valence-electron chi connectivity index (χ4n) is 5.75. The van der Waals surface area contributed by atoms with E-state index < -0.39 is 0 Å². The van der Waals surface area contributed by atoms with Crippen molar-refractivity contribution in [3.8, 4) is 0 Å². The fraction of sp³-hybridized carbons (Fsp3) is 0.586. The Hall–Kier alpha value is -2.30. The lowest BCUT2D eigenvalue weighted by molar-refractivity contribution is -0.126. The Morgan fingerprint density at radius 3 is 2.65 bits per heavy atom. The van der Waals surface area contributed by atoms with Gasteiger partial charge < -0.3 is 5.32 Å². The van der Waals surface area contributed by atoms with E-state index in [-0.39, 0.29) is 47.3 Å². The van der Waals surface area contributed by atoms with Crippen LogP contribution in [0.2, 0.25) is 0 Å². The molecule has 3 unspecified atom stereocenters. The third-order valence-corrected chi connectivity index (χ3v) is 7.97. The van der Waals surface area contributed by atoms with E-state index >= 15 is 0 Å². The number of hydrogen-bond acceptors (Lipinski definition) is 2. The number of nitrogens with one attached hydrogen (secondary N) is 1. The Labute approximate surface area is 202 Å². The minimum Gasteiger partial charge on any atom is -0.353 e. The number of benzene rings is 1. The van der Waals surface area contributed by atoms with E-state index in [1.54, 1.807) is 13.0 Å². The summed E-state index contributed by atoms with van der Waals surface area (Å²) in [5, 5.41) is 3.32. The van der Waals surface area contributed by atoms with Gasteiger partial charge in [0.05, 0.1) is 0 Å². The molecule has 1 heterocycles. The number of aliphatic imine (C=N–C) groups is 1. The van der Waals surface area contributed by atoms with Gasteiger partial charge in [-0.15, -0.1) is 0 Å². The van der Waals surface area contributed by atoms with Gasteiger partial charge in [0.25, 0.3) is 0 Å². The van der Waals surface area contributed by atoms with E-state index in [0.29, 0.717) is 12.3 Å². The molecule has 5 heteroatoms. The number of nitrogens with zero attached hydrogens (tertiary/aromatic N) is 1. The monoisotopic (exact) mass is 468 g/mol. The van der Waals surface area contributed by atoms with Gasteiger partial charge in [-0.3, -0.25) is 9.79 Å². The molecule has 1 aromatic carbocycles. The third-order valence-electron chi connectivity index (χ3n) is 7.97. The van der Waals surface area contributed by atoms with Crippen LogP contribution >= 0.6 is 0 Å². The number of amides is 1. The van der Waals surface area contributed by atoms with Crippen LogP contribution in [0, 0.1) is 42.3 Å². The van der Waals surface area contributed by atoms with Gasteiger partial charge in [-0.25, -0.2) is 8.78 Å². The van der Waals surface area contributed by atoms with Crippen LogP contribution in [-0.2, 0) is 11.2 Å². The van der Waals surface area contributed by atoms with Crippen LogP contribution in [0.25, 0.3) is 0 Å². The molecule has 1 aromatic rings. The highest BCUT2D eigenvalue weighted by Gasteiger charge is 2.38. The molecule has 1 aliphatic heterocycles. The van der Waals surface area contributed by atoms with Crippen LogP contribution in [0.15, 0.2) is 46.4 Å². The summed E-state index contributed by atoms with van der Waals surface area (Å²) in [6.07, 6.45) is 9.86. The van der Waals surface area contributed by atoms with Gasteiger partial charge in [0.2, 0.25) is 5.91 Å². The number of rotatable bonds is 7. The second-order valence-corrected chi connectivity index (χ2v) is 10.7. The van der Waals surface area contributed by atoms with Crippen LogP contribution in [0.1, 0.15) is 70.4 Å². The normalized spacial score (nSPS) is 28.7. The number of halogens is 2. The fourth-order valence-corrected chi connectivity index (χ4v) is 5.75. The lowest BCUT2D eigenvalue weighted by atomic mass is 9.77. The van der Waals surface area contributed by atoms with Crippen molar-refractivity contribution in [3.63, 3.8) is 0 Å². The molecule has 4 rings (SSSR count). The molecule has 0 bridgehead atoms. The van der Waals surface area contributed by atoms with E-state index in [4.69, 9.17) is 4.99 Å². The van der Waals surface area contributed by atoms with E-state index in [9.17, 15) is 13.6 Å². The van der Waals surface area contributed by atoms with E-state index in [0.717, 1.165) is 60.9 Å². The summed E-state index contributed by atoms with van der Waals surface area (Å²) in [4.78, 5) is 18.1. The van der Waals surface area contributed by atoms with Crippen LogP contribution in [-0.4, -0.2) is 18.2 Å². The maximum Gasteiger partial charge on any atom is 0.223 e. The molecule has 34 heavy (non-hydrogen) atoms. The molecule has 0 spiro atoms. The first kappa shape index (κ1) is 24.8. The largest absolute Gasteiger partial charge is 0.353 e. The summed E-state index contributed by atoms with van der Waals surface area (Å²) in [6.45, 7) is 7.77. The summed E-state index contributed by atoms with van der Waals surface area (Å²) in [7, 11) is 0. The first-order valence-electron chi connectivity index (χ1n) is 12.9. The molecule has 5 atom stereocenters. The van der Waals surface area contributed by atoms with Gasteiger partial charge in [0.15, 0.2) is 0 Å². The number of hydrogen-bond donors (Lipinski definition) is 1. The summed E-state index contributed by atoms with van der Waals surface area (Å²) in [6, 6.07) is 5.12. The summed E-state index contributed by atoms with van der Waals surface area (Å²) in [5.41, 5.74) is 3.39. The molecule has 184 valence electrons. The molecule has 2 fully saturated rings. The van der Waals surface area contributed by atoms with Gasteiger partial charge in [-0.2, -0.15) is 0 Å². The molecule has 2 saturated carbocycles. The lowest BCUT2D eigenvalue weighted by Gasteiger charge is -2.35. The molecular formula is C29H38F2N2O. The Morgan fingerprint density at radius 2 is 1.97 bits per heavy atom. The third kappa shape index (κ3) is 5.67. The molecule has 1 amide bonds. The van der Waals surface area contributed by atoms with Gasteiger partial charge in [0, 0.05) is 35.4 Å². The quantitative estimate of drug-likeness (QED) is 0.466. The van der Waals surface area contributed by atoms with Crippen molar-refractivity contribution in [2.45, 2.75) is 78.7 Å². The standard InChI is InChI=1S/C29H38F2N2O/c1-5-26(31)27-19(4)18(3)16-32-28(27)22-7-6-8-24(15-22)33-29(34)25(21-9-10-21)14-20-11-17(2)12-23(30)13-20/h5,11-13,16,18-19,21-22,24-25H,6-10,14-15H2,1-4H3,(H,33,34)/b26-5+/t18?,19?,22?,24-,25-/m1/s1. The zero-order chi connectivity index (χ0) is 24.4. The predicted molar refractivity (Wildman–Crippen MR) is 134 cm³/mol. The Kier molecular flexibility index (Phi) is 7.69. The van der Waals surface area contributed by atoms with Crippen LogP contribution < -0.4 is 5.32 Å². The number of aryl methyl sites for hydroxylation is 1. The average Bonchev–Trinajstić information content (AvgIpc) is 3.63. The second-order valence-electron chi connectivity index (χ2n) is 10.7. The smallest absolute Gasteiger partial charge is 0.223 e. The average molecular weight is 469 g/mol. The zero-order valence-electron chi connectivity index (χ0n) is 20.9. The number of carbonyl (C=O) groups excluding carboxylic acids is 1. The Balaban J connectivity index is 1.47. The van der Waals surface area contributed by atoms with Gasteiger partial charge in [-0.1, -0.05) is 32.4 Å². The summed E-state index contributed by atoms with van der Waals surface area (Å²) < 4.78 is 28.8. The van der Waals surface area contributed by atoms with Crippen molar-refractivity contribution in [1.82, 2.24) is 5.32 Å². The first-order valence-corrected chi connectivity index (χ1v) is 12.9. The van der Waals surface area contributed by atoms with Crippen molar-refractivity contribution in [3.05, 3.63) is 58.3 Å². The maximum absolute atomic E-state index is 14.9. The van der Waals surface area contributed by atoms with Crippen LogP contribution in [0.3, 0.4) is 0 Å². The Morgan fingerprint density at radius 1 is 1.21 bits per heavy atom. The van der Waals surface area contributed by atoms with Crippen molar-refractivity contribution < 1.29 is 13.6 Å². The highest BCUT2D eigenvalue weighted by atomic mass is 19.1. The van der Waals surface area contributed by atoms with Crippen molar-refractivity contribution >= 4 is 12.1 Å². The number of allylic oxidation sites excluding steroid dienone is 4. The lowest BCUT2D eigenvalue weighted by Crippen LogP contribution is -2.43. The molecule has 0 aromatic heterocycles. The number of carbonyl (C=O) groups is 1. The predicted octanol–water partition coefficient (Wildman–Crippen LogP) is 6.86. The van der Waals surface area contributed by atoms with Gasteiger partial charge >= 0.3 is 0 Å². The SMILES string of the molecule is C/C=C(/F)C1=C(C2CCC[C@@H](NC(=O)[C@H](Cc3cc(C)cc(F)c3)C3CC3)C2)N=CC(C)C1C. The second kappa shape index (κ2) is 10.5. The minimum absolute atomic E-state index is 0.0639. The van der Waals surface area contributed by atoms with E-state index in [2.05, 4.69) is 19.2 Å². The highest BCUT2D eigenvalue weighted by molar-refractivity contribution is 5.80. The van der Waals surface area contributed by atoms with Crippen molar-refractivity contribution in [2.75, 3.05) is 0 Å². The molecule has 0 saturated heterocycles. The maximum atomic E-state index is 14.9. The highest BCUT2D eigenvalue weighted by Crippen LogP contribution is 2.42. The van der Waals surface area contributed by atoms with E-state index in [1.807, 2.05) is 19.2 Å². The minimum atomic E-state index is -0.242. The van der Waals surface area contributed by atoms with E-state index in [1.165, 1.54) is 12.1 Å². The van der Waals surface area contributed by atoms with Crippen molar-refractivity contribution in [2.24, 2.45) is 34.6 Å². The molecule has 1 N–H and O–H groups in total. The molecule has 2 aliphatic carbocycles. The molecule has 3 nitrogen and oxygen atoms in total. The van der Waals surface area contributed by atoms with Gasteiger partial charge in [0.1, 0.15) is 11.6 Å². The Bertz CT molecular complexity index is 987. The van der Waals surface area contributed by atoms with Gasteiger partial charge in [-0.05, 0) is 93.4 Å².